The van der Waals surface area contributed by atoms with Crippen LogP contribution in [0.1, 0.15) is 33.1 Å². The van der Waals surface area contributed by atoms with Crippen LogP contribution in [0.25, 0.3) is 0 Å². The van der Waals surface area contributed by atoms with Crippen molar-refractivity contribution in [3.05, 3.63) is 0 Å². The Kier molecular flexibility index (Phi) is 7.27. The monoisotopic (exact) mass is 252 g/mol. The molecule has 16 heavy (non-hydrogen) atoms. The Bertz CT molecular complexity index is 301. The van der Waals surface area contributed by atoms with E-state index in [0.717, 1.165) is 0 Å². The van der Waals surface area contributed by atoms with Gasteiger partial charge in [-0.15, -0.1) is 0 Å². The second-order valence-corrected chi connectivity index (χ2v) is 5.58. The Morgan fingerprint density at radius 2 is 1.88 bits per heavy atom. The molecule has 0 amide bonds. The number of unbranched alkanes of at least 4 members (excludes halogenated alkanes) is 1. The van der Waals surface area contributed by atoms with Crippen LogP contribution < -0.4 is 9.44 Å². The van der Waals surface area contributed by atoms with Gasteiger partial charge in [-0.1, -0.05) is 13.8 Å². The minimum absolute atomic E-state index is 0.0706. The van der Waals surface area contributed by atoms with Crippen LogP contribution in [0.5, 0.6) is 0 Å². The number of aliphatic carboxylic acids is 1. The Morgan fingerprint density at radius 3 is 2.38 bits per heavy atom. The van der Waals surface area contributed by atoms with Crippen molar-refractivity contribution < 1.29 is 18.3 Å². The molecule has 0 atom stereocenters. The predicted molar refractivity (Wildman–Crippen MR) is 61.3 cm³/mol. The van der Waals surface area contributed by atoms with Crippen LogP contribution in [0.3, 0.4) is 0 Å². The average molecular weight is 252 g/mol. The number of carboxylic acid groups (broad SMARTS) is 1. The van der Waals surface area contributed by atoms with Gasteiger partial charge in [-0.05, 0) is 18.8 Å². The zero-order valence-electron chi connectivity index (χ0n) is 9.69. The number of rotatable bonds is 9. The summed E-state index contributed by atoms with van der Waals surface area (Å²) in [5, 5.41) is 8.37. The van der Waals surface area contributed by atoms with E-state index in [0.29, 0.717) is 19.4 Å². The van der Waals surface area contributed by atoms with Gasteiger partial charge in [-0.25, -0.2) is 9.44 Å². The normalized spacial score (nSPS) is 11.9. The average Bonchev–Trinajstić information content (AvgIpc) is 2.14. The first kappa shape index (κ1) is 15.3. The molecule has 0 aromatic rings. The van der Waals surface area contributed by atoms with Crippen LogP contribution in [0.2, 0.25) is 0 Å². The topological polar surface area (TPSA) is 95.5 Å². The highest BCUT2D eigenvalue weighted by molar-refractivity contribution is 7.87. The summed E-state index contributed by atoms with van der Waals surface area (Å²) in [6, 6.07) is 0. The quantitative estimate of drug-likeness (QED) is 0.515. The third-order valence-electron chi connectivity index (χ3n) is 1.79. The van der Waals surface area contributed by atoms with Crippen molar-refractivity contribution >= 4 is 16.2 Å². The lowest BCUT2D eigenvalue weighted by Gasteiger charge is -2.09. The smallest absolute Gasteiger partial charge is 0.303 e. The molecule has 7 heteroatoms. The maximum Gasteiger partial charge on any atom is 0.303 e. The van der Waals surface area contributed by atoms with Crippen LogP contribution in [-0.2, 0) is 15.0 Å². The highest BCUT2D eigenvalue weighted by Crippen LogP contribution is 1.94. The van der Waals surface area contributed by atoms with Gasteiger partial charge >= 0.3 is 5.97 Å². The molecule has 96 valence electrons. The maximum atomic E-state index is 11.3. The highest BCUT2D eigenvalue weighted by atomic mass is 32.2. The van der Waals surface area contributed by atoms with E-state index in [1.54, 1.807) is 0 Å². The van der Waals surface area contributed by atoms with Gasteiger partial charge in [0.05, 0.1) is 0 Å². The van der Waals surface area contributed by atoms with E-state index < -0.39 is 16.2 Å². The number of carbonyl (C=O) groups is 1. The number of carboxylic acids is 1. The lowest BCUT2D eigenvalue weighted by Crippen LogP contribution is -2.38. The summed E-state index contributed by atoms with van der Waals surface area (Å²) < 4.78 is 27.3. The molecule has 0 saturated carbocycles. The largest absolute Gasteiger partial charge is 0.481 e. The number of nitrogens with one attached hydrogen (secondary N) is 2. The minimum Gasteiger partial charge on any atom is -0.481 e. The molecule has 0 spiro atoms. The summed E-state index contributed by atoms with van der Waals surface area (Å²) in [6.07, 6.45) is 1.07. The standard InChI is InChI=1S/C9H20N2O4S/c1-8(2)7-11-16(14,15)10-6-4-3-5-9(12)13/h8,10-11H,3-7H2,1-2H3,(H,12,13). The minimum atomic E-state index is -3.42. The molecular weight excluding hydrogens is 232 g/mol. The van der Waals surface area contributed by atoms with Gasteiger partial charge in [0.25, 0.3) is 10.2 Å². The lowest BCUT2D eigenvalue weighted by molar-refractivity contribution is -0.137. The first-order valence-electron chi connectivity index (χ1n) is 5.29. The first-order valence-corrected chi connectivity index (χ1v) is 6.78. The molecule has 0 aliphatic heterocycles. The van der Waals surface area contributed by atoms with Crippen molar-refractivity contribution in [3.63, 3.8) is 0 Å². The maximum absolute atomic E-state index is 11.3. The molecule has 0 heterocycles. The molecule has 0 aliphatic carbocycles. The molecule has 0 bridgehead atoms. The zero-order chi connectivity index (χ0) is 12.6. The van der Waals surface area contributed by atoms with Gasteiger partial charge in [-0.2, -0.15) is 8.42 Å². The Hall–Kier alpha value is -0.660. The molecule has 0 aromatic carbocycles. The van der Waals surface area contributed by atoms with E-state index in [4.69, 9.17) is 5.11 Å². The third kappa shape index (κ3) is 9.88. The third-order valence-corrected chi connectivity index (χ3v) is 2.92. The van der Waals surface area contributed by atoms with Crippen molar-refractivity contribution in [1.29, 1.82) is 0 Å². The van der Waals surface area contributed by atoms with E-state index in [1.807, 2.05) is 13.8 Å². The fraction of sp³-hybridized carbons (Fsp3) is 0.889. The second kappa shape index (κ2) is 7.59. The van der Waals surface area contributed by atoms with E-state index in [9.17, 15) is 13.2 Å². The summed E-state index contributed by atoms with van der Waals surface area (Å²) in [6.45, 7) is 4.48. The van der Waals surface area contributed by atoms with Gasteiger partial charge in [0.2, 0.25) is 0 Å². The molecule has 3 N–H and O–H groups in total. The van der Waals surface area contributed by atoms with E-state index in [-0.39, 0.29) is 18.9 Å². The van der Waals surface area contributed by atoms with Gasteiger partial charge in [0, 0.05) is 19.5 Å². The van der Waals surface area contributed by atoms with Crippen LogP contribution in [0.4, 0.5) is 0 Å². The fourth-order valence-corrected chi connectivity index (χ4v) is 2.00. The molecule has 0 fully saturated rings. The molecule has 6 nitrogen and oxygen atoms in total. The van der Waals surface area contributed by atoms with E-state index in [1.165, 1.54) is 0 Å². The van der Waals surface area contributed by atoms with E-state index >= 15 is 0 Å². The highest BCUT2D eigenvalue weighted by Gasteiger charge is 2.08. The number of hydrogen-bond donors (Lipinski definition) is 3. The summed E-state index contributed by atoms with van der Waals surface area (Å²) in [4.78, 5) is 10.2. The molecule has 0 radical (unpaired) electrons. The molecule has 0 unspecified atom stereocenters. The molecular formula is C9H20N2O4S. The van der Waals surface area contributed by atoms with Gasteiger partial charge in [0.1, 0.15) is 0 Å². The van der Waals surface area contributed by atoms with Crippen molar-refractivity contribution in [2.45, 2.75) is 33.1 Å². The van der Waals surface area contributed by atoms with Crippen molar-refractivity contribution in [1.82, 2.24) is 9.44 Å². The van der Waals surface area contributed by atoms with E-state index in [2.05, 4.69) is 9.44 Å². The molecule has 0 rings (SSSR count). The van der Waals surface area contributed by atoms with Crippen LogP contribution in [-0.4, -0.2) is 32.6 Å². The summed E-state index contributed by atoms with van der Waals surface area (Å²) in [7, 11) is -3.42. The summed E-state index contributed by atoms with van der Waals surface area (Å²) >= 11 is 0. The van der Waals surface area contributed by atoms with Crippen molar-refractivity contribution in [2.75, 3.05) is 13.1 Å². The van der Waals surface area contributed by atoms with Gasteiger partial charge in [-0.3, -0.25) is 4.79 Å². The Labute approximate surface area is 96.6 Å². The number of hydrogen-bond acceptors (Lipinski definition) is 3. The van der Waals surface area contributed by atoms with Crippen LogP contribution in [0.15, 0.2) is 0 Å². The van der Waals surface area contributed by atoms with Crippen molar-refractivity contribution in [3.8, 4) is 0 Å². The molecule has 0 aliphatic rings. The Morgan fingerprint density at radius 1 is 1.25 bits per heavy atom. The molecule has 0 aromatic heterocycles. The van der Waals surface area contributed by atoms with Gasteiger partial charge < -0.3 is 5.11 Å². The Balaban J connectivity index is 3.62. The van der Waals surface area contributed by atoms with Gasteiger partial charge in [0.15, 0.2) is 0 Å². The summed E-state index contributed by atoms with van der Waals surface area (Å²) in [5.74, 6) is -0.607. The summed E-state index contributed by atoms with van der Waals surface area (Å²) in [5.41, 5.74) is 0. The zero-order valence-corrected chi connectivity index (χ0v) is 10.5. The lowest BCUT2D eigenvalue weighted by atomic mass is 10.2. The second-order valence-electron chi connectivity index (χ2n) is 3.99. The fourth-order valence-electron chi connectivity index (χ4n) is 0.935. The van der Waals surface area contributed by atoms with Crippen LogP contribution in [0, 0.1) is 5.92 Å². The SMILES string of the molecule is CC(C)CNS(=O)(=O)NCCCCC(=O)O. The molecule has 0 saturated heterocycles. The first-order chi connectivity index (χ1) is 7.33. The van der Waals surface area contributed by atoms with Crippen molar-refractivity contribution in [2.24, 2.45) is 5.92 Å². The van der Waals surface area contributed by atoms with Crippen LogP contribution >= 0.6 is 0 Å². The predicted octanol–water partition coefficient (Wildman–Crippen LogP) is 0.321.